The first-order chi connectivity index (χ1) is 13.4. The standard InChI is InChI=1S/C25H42O3/c1-4-28-23(27)16-19(26)15-18-9-11-21-20-10-8-17-7-5-6-13-24(17,2)22(20)12-14-25(18,21)3/h17-22,26H,4-16H2,1-3H3/t17-,18+,19?,20?,21?,22?,24-,25+/m0/s1. The van der Waals surface area contributed by atoms with Gasteiger partial charge in [0.2, 0.25) is 0 Å². The Morgan fingerprint density at radius 3 is 2.57 bits per heavy atom. The fourth-order valence-electron chi connectivity index (χ4n) is 8.62. The Kier molecular flexibility index (Phi) is 5.86. The molecule has 4 aliphatic carbocycles. The molecule has 4 aliphatic rings. The number of rotatable bonds is 5. The summed E-state index contributed by atoms with van der Waals surface area (Å²) in [7, 11) is 0. The molecule has 4 saturated carbocycles. The second kappa shape index (κ2) is 7.93. The summed E-state index contributed by atoms with van der Waals surface area (Å²) < 4.78 is 5.04. The average molecular weight is 391 g/mol. The van der Waals surface area contributed by atoms with Gasteiger partial charge in [0.1, 0.15) is 0 Å². The summed E-state index contributed by atoms with van der Waals surface area (Å²) in [5, 5.41) is 10.5. The highest BCUT2D eigenvalue weighted by Crippen LogP contribution is 2.67. The van der Waals surface area contributed by atoms with E-state index < -0.39 is 6.10 Å². The molecule has 4 fully saturated rings. The monoisotopic (exact) mass is 390 g/mol. The van der Waals surface area contributed by atoms with Gasteiger partial charge in [-0.2, -0.15) is 0 Å². The van der Waals surface area contributed by atoms with Gasteiger partial charge < -0.3 is 9.84 Å². The van der Waals surface area contributed by atoms with Crippen LogP contribution in [-0.2, 0) is 9.53 Å². The highest BCUT2D eigenvalue weighted by Gasteiger charge is 2.59. The van der Waals surface area contributed by atoms with E-state index in [0.717, 1.165) is 30.1 Å². The van der Waals surface area contributed by atoms with Crippen LogP contribution in [-0.4, -0.2) is 23.8 Å². The maximum absolute atomic E-state index is 11.8. The first-order valence-corrected chi connectivity index (χ1v) is 12.2. The van der Waals surface area contributed by atoms with Gasteiger partial charge in [-0.05, 0) is 105 Å². The first-order valence-electron chi connectivity index (χ1n) is 12.2. The minimum atomic E-state index is -0.538. The lowest BCUT2D eigenvalue weighted by molar-refractivity contribution is -0.146. The molecule has 0 spiro atoms. The van der Waals surface area contributed by atoms with Crippen LogP contribution in [0.1, 0.15) is 97.8 Å². The molecule has 0 aromatic heterocycles. The minimum Gasteiger partial charge on any atom is -0.466 e. The van der Waals surface area contributed by atoms with Crippen molar-refractivity contribution < 1.29 is 14.6 Å². The van der Waals surface area contributed by atoms with Crippen molar-refractivity contribution in [2.24, 2.45) is 40.4 Å². The minimum absolute atomic E-state index is 0.164. The van der Waals surface area contributed by atoms with Crippen molar-refractivity contribution >= 4 is 5.97 Å². The van der Waals surface area contributed by atoms with Crippen molar-refractivity contribution in [3.8, 4) is 0 Å². The van der Waals surface area contributed by atoms with Crippen molar-refractivity contribution in [2.75, 3.05) is 6.61 Å². The first kappa shape index (κ1) is 20.7. The van der Waals surface area contributed by atoms with Crippen LogP contribution < -0.4 is 0 Å². The van der Waals surface area contributed by atoms with Crippen LogP contribution in [0.4, 0.5) is 0 Å². The second-order valence-electron chi connectivity index (χ2n) is 11.1. The maximum Gasteiger partial charge on any atom is 0.308 e. The zero-order valence-corrected chi connectivity index (χ0v) is 18.4. The Labute approximate surface area is 172 Å². The van der Waals surface area contributed by atoms with Crippen molar-refractivity contribution in [1.82, 2.24) is 0 Å². The normalized spacial score (nSPS) is 46.2. The van der Waals surface area contributed by atoms with Crippen LogP contribution in [0, 0.1) is 40.4 Å². The van der Waals surface area contributed by atoms with Gasteiger partial charge in [0.05, 0.1) is 19.1 Å². The van der Waals surface area contributed by atoms with Gasteiger partial charge in [-0.15, -0.1) is 0 Å². The van der Waals surface area contributed by atoms with Crippen LogP contribution in [0.2, 0.25) is 0 Å². The smallest absolute Gasteiger partial charge is 0.308 e. The van der Waals surface area contributed by atoms with E-state index in [1.807, 2.05) is 6.92 Å². The lowest BCUT2D eigenvalue weighted by Gasteiger charge is -2.60. The average Bonchev–Trinajstić information content (AvgIpc) is 2.97. The molecule has 28 heavy (non-hydrogen) atoms. The van der Waals surface area contributed by atoms with E-state index in [2.05, 4.69) is 13.8 Å². The van der Waals surface area contributed by atoms with E-state index in [0.29, 0.717) is 23.4 Å². The number of esters is 1. The Morgan fingerprint density at radius 2 is 1.79 bits per heavy atom. The summed E-state index contributed by atoms with van der Waals surface area (Å²) in [6, 6.07) is 0. The third-order valence-electron chi connectivity index (χ3n) is 10.0. The Hall–Kier alpha value is -0.570. The van der Waals surface area contributed by atoms with Crippen molar-refractivity contribution in [3.05, 3.63) is 0 Å². The molecule has 0 heterocycles. The summed E-state index contributed by atoms with van der Waals surface area (Å²) in [6.45, 7) is 7.40. The summed E-state index contributed by atoms with van der Waals surface area (Å²) in [5.41, 5.74) is 0.971. The van der Waals surface area contributed by atoms with Crippen LogP contribution in [0.3, 0.4) is 0 Å². The van der Waals surface area contributed by atoms with Crippen LogP contribution in [0.5, 0.6) is 0 Å². The van der Waals surface area contributed by atoms with E-state index >= 15 is 0 Å². The van der Waals surface area contributed by atoms with E-state index in [1.165, 1.54) is 64.2 Å². The molecule has 4 rings (SSSR count). The number of carbonyl (C=O) groups excluding carboxylic acids is 1. The van der Waals surface area contributed by atoms with E-state index in [4.69, 9.17) is 4.74 Å². The predicted octanol–water partition coefficient (Wildman–Crippen LogP) is 5.74. The van der Waals surface area contributed by atoms with Gasteiger partial charge in [-0.3, -0.25) is 4.79 Å². The molecule has 0 bridgehead atoms. The summed E-state index contributed by atoms with van der Waals surface area (Å²) in [5.74, 6) is 3.99. The molecule has 0 aliphatic heterocycles. The van der Waals surface area contributed by atoms with Crippen molar-refractivity contribution in [1.29, 1.82) is 0 Å². The molecule has 0 radical (unpaired) electrons. The highest BCUT2D eigenvalue weighted by atomic mass is 16.5. The van der Waals surface area contributed by atoms with Gasteiger partial charge in [0, 0.05) is 0 Å². The SMILES string of the molecule is CCOC(=O)CC(O)C[C@H]1CCC2C3CC[C@@H]4CCCC[C@]4(C)C3CC[C@@]21C. The number of carbonyl (C=O) groups is 1. The molecule has 0 amide bonds. The van der Waals surface area contributed by atoms with E-state index in [-0.39, 0.29) is 12.4 Å². The van der Waals surface area contributed by atoms with Gasteiger partial charge in [0.15, 0.2) is 0 Å². The molecular formula is C25H42O3. The third kappa shape index (κ3) is 3.44. The molecular weight excluding hydrogens is 348 g/mol. The zero-order chi connectivity index (χ0) is 19.9. The topological polar surface area (TPSA) is 46.5 Å². The highest BCUT2D eigenvalue weighted by molar-refractivity contribution is 5.69. The molecule has 3 nitrogen and oxygen atoms in total. The molecule has 3 heteroatoms. The molecule has 0 saturated heterocycles. The number of hydrogen-bond acceptors (Lipinski definition) is 3. The van der Waals surface area contributed by atoms with Crippen LogP contribution >= 0.6 is 0 Å². The number of fused-ring (bicyclic) bond motifs is 5. The quantitative estimate of drug-likeness (QED) is 0.609. The largest absolute Gasteiger partial charge is 0.466 e. The van der Waals surface area contributed by atoms with Crippen LogP contribution in [0.15, 0.2) is 0 Å². The molecule has 160 valence electrons. The fraction of sp³-hybridized carbons (Fsp3) is 0.960. The predicted molar refractivity (Wildman–Crippen MR) is 112 cm³/mol. The molecule has 4 unspecified atom stereocenters. The number of hydrogen-bond donors (Lipinski definition) is 1. The number of aliphatic hydroxyl groups is 1. The maximum atomic E-state index is 11.8. The second-order valence-corrected chi connectivity index (χ2v) is 11.1. The molecule has 1 N–H and O–H groups in total. The van der Waals surface area contributed by atoms with E-state index in [9.17, 15) is 9.90 Å². The van der Waals surface area contributed by atoms with Gasteiger partial charge in [-0.1, -0.05) is 26.7 Å². The van der Waals surface area contributed by atoms with Crippen molar-refractivity contribution in [2.45, 2.75) is 104 Å². The summed E-state index contributed by atoms with van der Waals surface area (Å²) >= 11 is 0. The number of ether oxygens (including phenoxy) is 1. The van der Waals surface area contributed by atoms with Gasteiger partial charge in [0.25, 0.3) is 0 Å². The summed E-state index contributed by atoms with van der Waals surface area (Å²) in [6.07, 6.45) is 14.5. The molecule has 0 aromatic rings. The Morgan fingerprint density at radius 1 is 1.00 bits per heavy atom. The molecule has 8 atom stereocenters. The Bertz CT molecular complexity index is 574. The number of aliphatic hydroxyl groups excluding tert-OH is 1. The summed E-state index contributed by atoms with van der Waals surface area (Å²) in [4.78, 5) is 11.8. The van der Waals surface area contributed by atoms with Crippen molar-refractivity contribution in [3.63, 3.8) is 0 Å². The van der Waals surface area contributed by atoms with E-state index in [1.54, 1.807) is 0 Å². The third-order valence-corrected chi connectivity index (χ3v) is 10.0. The lowest BCUT2D eigenvalue weighted by atomic mass is 9.45. The fourth-order valence-corrected chi connectivity index (χ4v) is 8.62. The lowest BCUT2D eigenvalue weighted by Crippen LogP contribution is -2.52. The zero-order valence-electron chi connectivity index (χ0n) is 18.4. The van der Waals surface area contributed by atoms with Crippen LogP contribution in [0.25, 0.3) is 0 Å². The van der Waals surface area contributed by atoms with Gasteiger partial charge >= 0.3 is 5.97 Å². The van der Waals surface area contributed by atoms with Gasteiger partial charge in [-0.25, -0.2) is 0 Å². The Balaban J connectivity index is 1.44. The molecule has 0 aromatic carbocycles.